The smallest absolute Gasteiger partial charge is 0.0659 e. The van der Waals surface area contributed by atoms with Crippen LogP contribution in [-0.4, -0.2) is 0 Å². The first kappa shape index (κ1) is 15.2. The Morgan fingerprint density at radius 2 is 1.47 bits per heavy atom. The molecule has 0 saturated heterocycles. The van der Waals surface area contributed by atoms with Gasteiger partial charge in [-0.3, -0.25) is 0 Å². The van der Waals surface area contributed by atoms with E-state index in [1.54, 1.807) is 6.07 Å². The molecule has 0 amide bonds. The van der Waals surface area contributed by atoms with E-state index in [1.165, 1.54) is 11.1 Å². The highest BCUT2D eigenvalue weighted by Crippen LogP contribution is 2.38. The molecular weight excluding hydrogens is 366 g/mol. The van der Waals surface area contributed by atoms with Crippen molar-refractivity contribution in [1.82, 2.24) is 0 Å². The van der Waals surface area contributed by atoms with E-state index in [0.717, 1.165) is 16.1 Å². The summed E-state index contributed by atoms with van der Waals surface area (Å²) in [6.07, 6.45) is 0. The number of halogens is 4. The molecule has 0 nitrogen and oxygen atoms in total. The molecule has 0 N–H and O–H groups in total. The zero-order valence-corrected chi connectivity index (χ0v) is 14.3. The predicted molar refractivity (Wildman–Crippen MR) is 88.2 cm³/mol. The summed E-state index contributed by atoms with van der Waals surface area (Å²) >= 11 is 22.0. The van der Waals surface area contributed by atoms with Gasteiger partial charge in [0.15, 0.2) is 0 Å². The summed E-state index contributed by atoms with van der Waals surface area (Å²) in [5.41, 5.74) is 4.45. The molecule has 2 rings (SSSR count). The molecule has 0 aliphatic rings. The van der Waals surface area contributed by atoms with Crippen LogP contribution in [0.5, 0.6) is 0 Å². The maximum Gasteiger partial charge on any atom is 0.0659 e. The lowest BCUT2D eigenvalue weighted by Gasteiger charge is -2.15. The summed E-state index contributed by atoms with van der Waals surface area (Å²) in [6, 6.07) is 9.67. The van der Waals surface area contributed by atoms with Crippen LogP contribution in [0.2, 0.25) is 15.1 Å². The topological polar surface area (TPSA) is 0 Å². The molecule has 0 aliphatic carbocycles. The highest BCUT2D eigenvalue weighted by Gasteiger charge is 2.16. The molecule has 2 aromatic rings. The Labute approximate surface area is 136 Å². The predicted octanol–water partition coefficient (Wildman–Crippen LogP) is 6.75. The largest absolute Gasteiger partial charge is 0.0840 e. The molecule has 100 valence electrons. The van der Waals surface area contributed by atoms with E-state index >= 15 is 0 Å². The van der Waals surface area contributed by atoms with Crippen LogP contribution in [0, 0.1) is 13.8 Å². The molecule has 2 aromatic carbocycles. The van der Waals surface area contributed by atoms with Crippen LogP contribution in [-0.2, 0) is 0 Å². The molecule has 0 aromatic heterocycles. The minimum atomic E-state index is -0.00549. The standard InChI is InChI=1S/C15H12BrCl3/c1-8-5-11(13(18)6-9(8)2)15(16)10-3-4-12(17)14(19)7-10/h3-7,15H,1-2H3. The van der Waals surface area contributed by atoms with E-state index in [9.17, 15) is 0 Å². The first-order valence-corrected chi connectivity index (χ1v) is 7.80. The molecule has 0 radical (unpaired) electrons. The highest BCUT2D eigenvalue weighted by molar-refractivity contribution is 9.09. The van der Waals surface area contributed by atoms with Gasteiger partial charge in [0, 0.05) is 5.02 Å². The Morgan fingerprint density at radius 1 is 0.842 bits per heavy atom. The maximum absolute atomic E-state index is 6.33. The average Bonchev–Trinajstić information content (AvgIpc) is 2.36. The van der Waals surface area contributed by atoms with E-state index in [1.807, 2.05) is 25.1 Å². The molecule has 1 unspecified atom stereocenters. The van der Waals surface area contributed by atoms with Crippen molar-refractivity contribution >= 4 is 50.7 Å². The number of hydrogen-bond acceptors (Lipinski definition) is 0. The lowest BCUT2D eigenvalue weighted by molar-refractivity contribution is 1.16. The third-order valence-electron chi connectivity index (χ3n) is 3.12. The molecule has 0 heterocycles. The molecule has 0 saturated carbocycles. The minimum Gasteiger partial charge on any atom is -0.0840 e. The van der Waals surface area contributed by atoms with Crippen molar-refractivity contribution < 1.29 is 0 Å². The van der Waals surface area contributed by atoms with Crippen LogP contribution in [0.1, 0.15) is 27.1 Å². The van der Waals surface area contributed by atoms with Crippen molar-refractivity contribution in [3.63, 3.8) is 0 Å². The third kappa shape index (κ3) is 3.28. The van der Waals surface area contributed by atoms with Gasteiger partial charge >= 0.3 is 0 Å². The van der Waals surface area contributed by atoms with Crippen LogP contribution in [0.3, 0.4) is 0 Å². The molecule has 1 atom stereocenters. The number of hydrogen-bond donors (Lipinski definition) is 0. The van der Waals surface area contributed by atoms with Gasteiger partial charge in [-0.25, -0.2) is 0 Å². The van der Waals surface area contributed by atoms with Crippen molar-refractivity contribution in [2.75, 3.05) is 0 Å². The Kier molecular flexibility index (Phi) is 4.84. The summed E-state index contributed by atoms with van der Waals surface area (Å²) in [6.45, 7) is 4.12. The zero-order chi connectivity index (χ0) is 14.2. The monoisotopic (exact) mass is 376 g/mol. The maximum atomic E-state index is 6.33. The van der Waals surface area contributed by atoms with Crippen LogP contribution >= 0.6 is 50.7 Å². The quantitative estimate of drug-likeness (QED) is 0.507. The van der Waals surface area contributed by atoms with E-state index in [-0.39, 0.29) is 4.83 Å². The number of aryl methyl sites for hydroxylation is 2. The first-order chi connectivity index (χ1) is 8.90. The fourth-order valence-electron chi connectivity index (χ4n) is 1.85. The van der Waals surface area contributed by atoms with Crippen molar-refractivity contribution in [2.45, 2.75) is 18.7 Å². The Morgan fingerprint density at radius 3 is 2.11 bits per heavy atom. The molecule has 19 heavy (non-hydrogen) atoms. The van der Waals surface area contributed by atoms with Gasteiger partial charge in [-0.05, 0) is 54.3 Å². The van der Waals surface area contributed by atoms with Gasteiger partial charge < -0.3 is 0 Å². The molecule has 0 aliphatic heterocycles. The van der Waals surface area contributed by atoms with Gasteiger partial charge in [-0.2, -0.15) is 0 Å². The molecule has 0 spiro atoms. The fourth-order valence-corrected chi connectivity index (χ4v) is 3.28. The zero-order valence-electron chi connectivity index (χ0n) is 10.5. The van der Waals surface area contributed by atoms with Gasteiger partial charge in [0.25, 0.3) is 0 Å². The number of alkyl halides is 1. The first-order valence-electron chi connectivity index (χ1n) is 5.76. The molecule has 4 heteroatoms. The van der Waals surface area contributed by atoms with E-state index in [0.29, 0.717) is 10.0 Å². The van der Waals surface area contributed by atoms with E-state index in [2.05, 4.69) is 28.9 Å². The van der Waals surface area contributed by atoms with Gasteiger partial charge in [0.2, 0.25) is 0 Å². The van der Waals surface area contributed by atoms with Crippen LogP contribution in [0.25, 0.3) is 0 Å². The van der Waals surface area contributed by atoms with Gasteiger partial charge in [-0.15, -0.1) is 0 Å². The van der Waals surface area contributed by atoms with Gasteiger partial charge in [0.05, 0.1) is 14.9 Å². The second-order valence-electron chi connectivity index (χ2n) is 4.49. The average molecular weight is 379 g/mol. The Hall–Kier alpha value is -0.210. The molecule has 0 bridgehead atoms. The Bertz CT molecular complexity index is 623. The summed E-state index contributed by atoms with van der Waals surface area (Å²) in [5, 5.41) is 1.84. The second-order valence-corrected chi connectivity index (χ2v) is 6.63. The Balaban J connectivity index is 2.46. The van der Waals surface area contributed by atoms with Crippen molar-refractivity contribution in [3.05, 3.63) is 67.7 Å². The summed E-state index contributed by atoms with van der Waals surface area (Å²) < 4.78 is 0. The lowest BCUT2D eigenvalue weighted by Crippen LogP contribution is -1.96. The minimum absolute atomic E-state index is 0.00549. The van der Waals surface area contributed by atoms with E-state index < -0.39 is 0 Å². The molecular formula is C15H12BrCl3. The number of rotatable bonds is 2. The molecule has 0 fully saturated rings. The highest BCUT2D eigenvalue weighted by atomic mass is 79.9. The second kappa shape index (κ2) is 6.05. The normalized spacial score (nSPS) is 12.5. The summed E-state index contributed by atoms with van der Waals surface area (Å²) in [5.74, 6) is 0. The van der Waals surface area contributed by atoms with Gasteiger partial charge in [-0.1, -0.05) is 62.9 Å². The number of benzene rings is 2. The third-order valence-corrected chi connectivity index (χ3v) is 5.21. The van der Waals surface area contributed by atoms with Crippen LogP contribution in [0.4, 0.5) is 0 Å². The van der Waals surface area contributed by atoms with E-state index in [4.69, 9.17) is 34.8 Å². The lowest BCUT2D eigenvalue weighted by atomic mass is 10.0. The van der Waals surface area contributed by atoms with Crippen molar-refractivity contribution in [1.29, 1.82) is 0 Å². The van der Waals surface area contributed by atoms with Crippen LogP contribution < -0.4 is 0 Å². The fraction of sp³-hybridized carbons (Fsp3) is 0.200. The van der Waals surface area contributed by atoms with Crippen molar-refractivity contribution in [2.24, 2.45) is 0 Å². The van der Waals surface area contributed by atoms with Crippen LogP contribution in [0.15, 0.2) is 30.3 Å². The van der Waals surface area contributed by atoms with Crippen molar-refractivity contribution in [3.8, 4) is 0 Å². The summed E-state index contributed by atoms with van der Waals surface area (Å²) in [7, 11) is 0. The van der Waals surface area contributed by atoms with Gasteiger partial charge in [0.1, 0.15) is 0 Å². The SMILES string of the molecule is Cc1cc(Cl)c(C(Br)c2ccc(Cl)c(Cl)c2)cc1C. The summed E-state index contributed by atoms with van der Waals surface area (Å²) in [4.78, 5) is -0.00549.